The number of aromatic hydroxyl groups is 2. The Morgan fingerprint density at radius 1 is 0.588 bits per heavy atom. The van der Waals surface area contributed by atoms with E-state index in [0.717, 1.165) is 48.5 Å². The summed E-state index contributed by atoms with van der Waals surface area (Å²) in [7, 11) is 0. The van der Waals surface area contributed by atoms with Crippen molar-refractivity contribution in [2.24, 2.45) is 10.2 Å². The maximum atomic E-state index is 12.3. The Morgan fingerprint density at radius 2 is 0.971 bits per heavy atom. The minimum atomic E-state index is -0.615. The molecule has 2 fully saturated rings. The molecular formula is C48H52CrN9O10+. The number of hydrogen-bond acceptors (Lipinski definition) is 15. The summed E-state index contributed by atoms with van der Waals surface area (Å²) in [5, 5.41) is 58.7. The fourth-order valence-electron chi connectivity index (χ4n) is 8.05. The van der Waals surface area contributed by atoms with E-state index in [-0.39, 0.29) is 76.3 Å². The molecule has 68 heavy (non-hydrogen) atoms. The predicted molar refractivity (Wildman–Crippen MR) is 257 cm³/mol. The topological polar surface area (TPSA) is 280 Å². The smallest absolute Gasteiger partial charge is 0.506 e. The number of phenols is 2. The van der Waals surface area contributed by atoms with Gasteiger partial charge >= 0.3 is 1.43 Å². The summed E-state index contributed by atoms with van der Waals surface area (Å²) in [6.07, 6.45) is 20.4. The maximum absolute atomic E-state index is 12.3. The van der Waals surface area contributed by atoms with Crippen LogP contribution in [0, 0.1) is 20.2 Å². The number of nitrogens with one attached hydrogen (secondary N) is 5. The number of nitro benzene ring substituents is 2. The molecule has 2 amide bonds. The average Bonchev–Trinajstić information content (AvgIpc) is 3.30. The number of hydrogen-bond donors (Lipinski definition) is 7. The minimum absolute atomic E-state index is 0. The van der Waals surface area contributed by atoms with Crippen LogP contribution in [0.25, 0.3) is 12.2 Å². The van der Waals surface area contributed by atoms with Gasteiger partial charge in [0.15, 0.2) is 0 Å². The Labute approximate surface area is 403 Å². The molecule has 0 heterocycles. The molecule has 8 rings (SSSR count). The Hall–Kier alpha value is -7.53. The molecule has 2 saturated carbocycles. The van der Waals surface area contributed by atoms with E-state index < -0.39 is 21.4 Å². The second-order valence-corrected chi connectivity index (χ2v) is 16.2. The quantitative estimate of drug-likeness (QED) is 0.0445. The molecule has 0 atom stereocenters. The maximum Gasteiger partial charge on any atom is 1.00 e. The van der Waals surface area contributed by atoms with E-state index >= 15 is 0 Å². The van der Waals surface area contributed by atoms with Gasteiger partial charge in [-0.1, -0.05) is 74.9 Å². The molecule has 4 aromatic rings. The van der Waals surface area contributed by atoms with Gasteiger partial charge in [0.1, 0.15) is 34.3 Å². The number of phenolic OH excluding ortho intramolecular Hbond substituents is 2. The van der Waals surface area contributed by atoms with Crippen LogP contribution >= 0.6 is 0 Å². The van der Waals surface area contributed by atoms with Gasteiger partial charge in [0.25, 0.3) is 11.4 Å². The van der Waals surface area contributed by atoms with Crippen LogP contribution in [-0.4, -0.2) is 66.9 Å². The van der Waals surface area contributed by atoms with Crippen molar-refractivity contribution in [3.63, 3.8) is 0 Å². The van der Waals surface area contributed by atoms with Gasteiger partial charge < -0.3 is 26.2 Å². The number of hydrazone groups is 2. The fourth-order valence-corrected chi connectivity index (χ4v) is 8.05. The molecule has 0 radical (unpaired) electrons. The zero-order valence-corrected chi connectivity index (χ0v) is 38.6. The first-order valence-electron chi connectivity index (χ1n) is 21.8. The van der Waals surface area contributed by atoms with Crippen molar-refractivity contribution in [3.8, 4) is 11.5 Å². The Kier molecular flexibility index (Phi) is 18.4. The van der Waals surface area contributed by atoms with Gasteiger partial charge in [-0.15, -0.1) is 0 Å². The van der Waals surface area contributed by atoms with Crippen LogP contribution < -0.4 is 26.8 Å². The summed E-state index contributed by atoms with van der Waals surface area (Å²) >= 11 is 0. The summed E-state index contributed by atoms with van der Waals surface area (Å²) in [5.41, 5.74) is 7.42. The van der Waals surface area contributed by atoms with Crippen molar-refractivity contribution in [3.05, 3.63) is 127 Å². The third-order valence-corrected chi connectivity index (χ3v) is 11.2. The van der Waals surface area contributed by atoms with E-state index in [0.29, 0.717) is 33.6 Å². The van der Waals surface area contributed by atoms with Gasteiger partial charge in [-0.05, 0) is 73.2 Å². The van der Waals surface area contributed by atoms with Gasteiger partial charge in [0.05, 0.1) is 21.2 Å². The van der Waals surface area contributed by atoms with Gasteiger partial charge in [0, 0.05) is 78.7 Å². The third kappa shape index (κ3) is 13.8. The molecule has 0 bridgehead atoms. The standard InChI is InChI=1S/2C18H14N4O5.C12H23N.Cr/c2*1-10(23)19-13-4-2-3-11-5-7-16(25)18(17(11)13)21-20-14-9-12(22(26)27)6-8-15(14)24;1-3-7-11(8-4-1)13-12-9-5-2-6-10-12;/h2*2-9,20,24H,1H3,(H,19,23);11-13H,1-10H2;/p+1/b2*21-18+;;. The van der Waals surface area contributed by atoms with E-state index in [1.165, 1.54) is 90.2 Å². The van der Waals surface area contributed by atoms with Crippen LogP contribution in [0.5, 0.6) is 11.5 Å². The number of anilines is 4. The molecule has 4 aliphatic carbocycles. The van der Waals surface area contributed by atoms with E-state index in [1.54, 1.807) is 48.6 Å². The Bertz CT molecular complexity index is 2520. The Balaban J connectivity index is 0.000000235. The predicted octanol–water partition coefficient (Wildman–Crippen LogP) is 8.69. The van der Waals surface area contributed by atoms with E-state index in [9.17, 15) is 49.6 Å². The van der Waals surface area contributed by atoms with Crippen molar-refractivity contribution in [2.45, 2.75) is 90.1 Å². The van der Waals surface area contributed by atoms with Crippen molar-refractivity contribution in [1.29, 1.82) is 0 Å². The summed E-state index contributed by atoms with van der Waals surface area (Å²) in [4.78, 5) is 68.1. The van der Waals surface area contributed by atoms with Crippen molar-refractivity contribution in [1.82, 2.24) is 5.32 Å². The van der Waals surface area contributed by atoms with Crippen LogP contribution in [0.15, 0.2) is 95.2 Å². The number of rotatable bonds is 10. The van der Waals surface area contributed by atoms with Crippen molar-refractivity contribution in [2.75, 3.05) is 21.5 Å². The zero-order chi connectivity index (χ0) is 48.0. The molecule has 0 saturated heterocycles. The molecule has 20 heteroatoms. The monoisotopic (exact) mass is 966 g/mol. The van der Waals surface area contributed by atoms with Crippen molar-refractivity contribution < 1.29 is 58.0 Å². The first-order valence-corrected chi connectivity index (χ1v) is 21.8. The molecule has 7 N–H and O–H groups in total. The summed E-state index contributed by atoms with van der Waals surface area (Å²) < 4.78 is 0. The third-order valence-electron chi connectivity index (χ3n) is 11.2. The largest absolute Gasteiger partial charge is 1.00 e. The number of benzene rings is 4. The molecule has 354 valence electrons. The fraction of sp³-hybridized carbons (Fsp3) is 0.292. The molecule has 0 unspecified atom stereocenters. The zero-order valence-electron chi connectivity index (χ0n) is 38.3. The van der Waals surface area contributed by atoms with Crippen LogP contribution in [0.4, 0.5) is 34.1 Å². The van der Waals surface area contributed by atoms with Crippen LogP contribution in [0.3, 0.4) is 0 Å². The second kappa shape index (κ2) is 24.3. The molecule has 4 aromatic carbocycles. The van der Waals surface area contributed by atoms with E-state index in [4.69, 9.17) is 0 Å². The number of ketones is 2. The van der Waals surface area contributed by atoms with Crippen LogP contribution in [-0.2, 0) is 36.5 Å². The van der Waals surface area contributed by atoms with Gasteiger partial charge in [-0.2, -0.15) is 10.2 Å². The number of nitrogens with zero attached hydrogens (tertiary/aromatic N) is 4. The number of non-ortho nitro benzene ring substituents is 2. The van der Waals surface area contributed by atoms with Gasteiger partial charge in [-0.25, -0.2) is 0 Å². The first kappa shape index (κ1) is 51.5. The van der Waals surface area contributed by atoms with E-state index in [1.807, 2.05) is 0 Å². The average molecular weight is 967 g/mol. The molecule has 0 aromatic heterocycles. The molecular weight excluding hydrogens is 915 g/mol. The van der Waals surface area contributed by atoms with Gasteiger partial charge in [-0.3, -0.25) is 50.3 Å². The van der Waals surface area contributed by atoms with Crippen molar-refractivity contribution >= 4 is 81.1 Å². The SMILES string of the molecule is C1CCC(NC2CCCCC2)CC1.CC(=O)Nc1cccc2c1/C(=N/Nc1cc([N+](=O)[O-])ccc1O)C(=O)C=C2.CC(=O)Nc1cccc2c1/C(=N/Nc1cc([N+](=O)[O-])ccc1O)C(=O)C=C2.[Cr].[H+]. The van der Waals surface area contributed by atoms with Gasteiger partial charge in [0.2, 0.25) is 23.4 Å². The van der Waals surface area contributed by atoms with E-state index in [2.05, 4.69) is 37.0 Å². The number of allylic oxidation sites excluding steroid dienone is 2. The molecule has 19 nitrogen and oxygen atoms in total. The number of amides is 2. The first-order chi connectivity index (χ1) is 32.2. The summed E-state index contributed by atoms with van der Waals surface area (Å²) in [6, 6.07) is 18.8. The second-order valence-electron chi connectivity index (χ2n) is 16.2. The summed E-state index contributed by atoms with van der Waals surface area (Å²) in [6.45, 7) is 2.69. The van der Waals surface area contributed by atoms with Crippen LogP contribution in [0.1, 0.15) is 102 Å². The number of fused-ring (bicyclic) bond motifs is 2. The molecule has 0 spiro atoms. The summed E-state index contributed by atoms with van der Waals surface area (Å²) in [5.74, 6) is -1.99. The number of carbonyl (C=O) groups is 4. The molecule has 0 aliphatic heterocycles. The normalized spacial score (nSPS) is 16.4. The number of carbonyl (C=O) groups excluding carboxylic acids is 4. The molecule has 4 aliphatic rings. The number of nitro groups is 2. The minimum Gasteiger partial charge on any atom is -0.506 e. The van der Waals surface area contributed by atoms with Crippen LogP contribution in [0.2, 0.25) is 0 Å². The Morgan fingerprint density at radius 3 is 1.32 bits per heavy atom.